The average Bonchev–Trinajstić information content (AvgIpc) is 3.43. The van der Waals surface area contributed by atoms with E-state index in [2.05, 4.69) is 110 Å². The molecule has 2 aromatic carbocycles. The van der Waals surface area contributed by atoms with Crippen LogP contribution in [-0.2, 0) is 9.16 Å². The molecule has 148 valence electrons. The molecule has 2 atom stereocenters. The molecule has 0 aromatic heterocycles. The van der Waals surface area contributed by atoms with E-state index in [1.54, 1.807) is 0 Å². The lowest BCUT2D eigenvalue weighted by molar-refractivity contribution is 0.135. The molecule has 1 heterocycles. The quantitative estimate of drug-likeness (QED) is 0.325. The summed E-state index contributed by atoms with van der Waals surface area (Å²) < 4.78 is 13.1. The number of allylic oxidation sites excluding steroid dienone is 2. The third-order valence-corrected chi connectivity index (χ3v) is 10.7. The van der Waals surface area contributed by atoms with Crippen LogP contribution >= 0.6 is 15.9 Å². The van der Waals surface area contributed by atoms with E-state index in [-0.39, 0.29) is 16.7 Å². The second-order valence-electron chi connectivity index (χ2n) is 8.51. The summed E-state index contributed by atoms with van der Waals surface area (Å²) in [6, 6.07) is 21.5. The van der Waals surface area contributed by atoms with Crippen LogP contribution in [0.1, 0.15) is 27.7 Å². The first kappa shape index (κ1) is 21.3. The highest BCUT2D eigenvalue weighted by Gasteiger charge is 2.56. The van der Waals surface area contributed by atoms with Gasteiger partial charge in [0, 0.05) is 0 Å². The lowest BCUT2D eigenvalue weighted by Crippen LogP contribution is -2.68. The van der Waals surface area contributed by atoms with Crippen molar-refractivity contribution in [2.75, 3.05) is 6.61 Å². The maximum atomic E-state index is 7.23. The maximum Gasteiger partial charge on any atom is 0.262 e. The number of epoxide rings is 1. The van der Waals surface area contributed by atoms with Crippen LogP contribution in [-0.4, -0.2) is 26.6 Å². The summed E-state index contributed by atoms with van der Waals surface area (Å²) in [6.07, 6.45) is 6.00. The summed E-state index contributed by atoms with van der Waals surface area (Å²) in [4.78, 5) is 1.85. The zero-order valence-electron chi connectivity index (χ0n) is 17.1. The van der Waals surface area contributed by atoms with E-state index < -0.39 is 8.32 Å². The molecule has 0 spiro atoms. The summed E-state index contributed by atoms with van der Waals surface area (Å²) in [5, 5.41) is 2.51. The molecule has 1 aliphatic heterocycles. The Morgan fingerprint density at radius 2 is 1.50 bits per heavy atom. The summed E-state index contributed by atoms with van der Waals surface area (Å²) in [7, 11) is -2.61. The summed E-state index contributed by atoms with van der Waals surface area (Å²) >= 11 is 3.34. The van der Waals surface area contributed by atoms with Crippen LogP contribution in [0.2, 0.25) is 5.04 Å². The number of hydrogen-bond donors (Lipinski definition) is 0. The zero-order valence-corrected chi connectivity index (χ0v) is 19.6. The Labute approximate surface area is 178 Å². The van der Waals surface area contributed by atoms with Crippen LogP contribution in [0.15, 0.2) is 83.9 Å². The van der Waals surface area contributed by atoms with Gasteiger partial charge in [-0.3, -0.25) is 0 Å². The van der Waals surface area contributed by atoms with Crippen LogP contribution < -0.4 is 10.4 Å². The molecular weight excluding hydrogens is 428 g/mol. The monoisotopic (exact) mass is 456 g/mol. The molecule has 1 fully saturated rings. The predicted molar refractivity (Wildman–Crippen MR) is 124 cm³/mol. The molecule has 0 N–H and O–H groups in total. The molecule has 0 aliphatic carbocycles. The number of halogens is 1. The van der Waals surface area contributed by atoms with E-state index >= 15 is 0 Å². The molecule has 0 bridgehead atoms. The van der Waals surface area contributed by atoms with Gasteiger partial charge in [0.05, 0.1) is 12.7 Å². The first-order valence-electron chi connectivity index (χ1n) is 9.70. The Hall–Kier alpha value is -1.46. The highest BCUT2D eigenvalue weighted by atomic mass is 79.9. The van der Waals surface area contributed by atoms with Crippen molar-refractivity contribution in [2.45, 2.75) is 44.4 Å². The number of benzene rings is 2. The minimum Gasteiger partial charge on any atom is -0.398 e. The average molecular weight is 457 g/mol. The van der Waals surface area contributed by atoms with Gasteiger partial charge in [0.1, 0.15) is 5.60 Å². The molecule has 28 heavy (non-hydrogen) atoms. The van der Waals surface area contributed by atoms with E-state index in [1.807, 2.05) is 17.1 Å². The van der Waals surface area contributed by atoms with Crippen molar-refractivity contribution >= 4 is 34.6 Å². The largest absolute Gasteiger partial charge is 0.398 e. The van der Waals surface area contributed by atoms with Crippen LogP contribution in [0.25, 0.3) is 0 Å². The Bertz CT molecular complexity index is 781. The van der Waals surface area contributed by atoms with Crippen LogP contribution in [0.3, 0.4) is 0 Å². The minimum absolute atomic E-state index is 0.0572. The Balaban J connectivity index is 2.17. The van der Waals surface area contributed by atoms with Gasteiger partial charge in [-0.05, 0) is 27.3 Å². The van der Waals surface area contributed by atoms with Crippen LogP contribution in [0.4, 0.5) is 0 Å². The Morgan fingerprint density at radius 1 is 1.00 bits per heavy atom. The fourth-order valence-electron chi connectivity index (χ4n) is 3.73. The third kappa shape index (κ3) is 4.25. The van der Waals surface area contributed by atoms with E-state index in [1.165, 1.54) is 10.4 Å². The molecule has 2 nitrogen and oxygen atoms in total. The van der Waals surface area contributed by atoms with Crippen molar-refractivity contribution in [1.82, 2.24) is 0 Å². The molecule has 0 saturated carbocycles. The number of ether oxygens (including phenoxy) is 1. The van der Waals surface area contributed by atoms with Crippen molar-refractivity contribution in [3.05, 3.63) is 83.9 Å². The van der Waals surface area contributed by atoms with Crippen molar-refractivity contribution in [3.8, 4) is 0 Å². The molecular formula is C24H29BrO2Si. The van der Waals surface area contributed by atoms with Gasteiger partial charge < -0.3 is 9.16 Å². The molecule has 0 unspecified atom stereocenters. The van der Waals surface area contributed by atoms with Crippen molar-refractivity contribution < 1.29 is 9.16 Å². The number of hydrogen-bond acceptors (Lipinski definition) is 2. The van der Waals surface area contributed by atoms with Crippen molar-refractivity contribution in [2.24, 2.45) is 0 Å². The van der Waals surface area contributed by atoms with Gasteiger partial charge in [0.15, 0.2) is 0 Å². The summed E-state index contributed by atoms with van der Waals surface area (Å²) in [5.74, 6) is 0. The molecule has 0 amide bonds. The van der Waals surface area contributed by atoms with Gasteiger partial charge in [-0.1, -0.05) is 116 Å². The lowest BCUT2D eigenvalue weighted by Gasteiger charge is -2.45. The highest BCUT2D eigenvalue weighted by Crippen LogP contribution is 2.41. The summed E-state index contributed by atoms with van der Waals surface area (Å²) in [5.41, 5.74) is -0.274. The lowest BCUT2D eigenvalue weighted by atomic mass is 10.1. The van der Waals surface area contributed by atoms with E-state index in [0.717, 1.165) is 6.61 Å². The third-order valence-electron chi connectivity index (χ3n) is 5.39. The summed E-state index contributed by atoms with van der Waals surface area (Å²) in [6.45, 7) is 9.76. The van der Waals surface area contributed by atoms with E-state index in [4.69, 9.17) is 9.16 Å². The molecule has 2 aromatic rings. The molecule has 4 heteroatoms. The van der Waals surface area contributed by atoms with Gasteiger partial charge in [-0.2, -0.15) is 0 Å². The first-order valence-corrected chi connectivity index (χ1v) is 12.5. The predicted octanol–water partition coefficient (Wildman–Crippen LogP) is 5.19. The smallest absolute Gasteiger partial charge is 0.262 e. The fraction of sp³-hybridized carbons (Fsp3) is 0.333. The van der Waals surface area contributed by atoms with E-state index in [0.29, 0.717) is 0 Å². The van der Waals surface area contributed by atoms with Gasteiger partial charge in [0.2, 0.25) is 0 Å². The minimum atomic E-state index is -2.61. The van der Waals surface area contributed by atoms with Crippen molar-refractivity contribution in [1.29, 1.82) is 0 Å². The highest BCUT2D eigenvalue weighted by molar-refractivity contribution is 9.11. The van der Waals surface area contributed by atoms with E-state index in [9.17, 15) is 0 Å². The standard InChI is InChI=1S/C24H29BrO2Si/c1-23(2,3)28(20-13-7-5-8-14-20,21-15-9-6-10-16-21)27-22(17-11-12-18-25)24(4)19-26-24/h5-18,22H,19H2,1-4H3/b17-11+,18-12-/t22-,24+/m1/s1. The molecule has 1 saturated heterocycles. The first-order chi connectivity index (χ1) is 13.3. The van der Waals surface area contributed by atoms with Crippen LogP contribution in [0, 0.1) is 0 Å². The molecule has 1 aliphatic rings. The SMILES string of the molecule is CC(C)(C)[Si](O[C@H](/C=C/C=C\Br)[C@]1(C)CO1)(c1ccccc1)c1ccccc1. The number of rotatable bonds is 7. The Morgan fingerprint density at radius 3 is 1.89 bits per heavy atom. The normalized spacial score (nSPS) is 21.3. The fourth-order valence-corrected chi connectivity index (χ4v) is 8.63. The second kappa shape index (κ2) is 8.50. The van der Waals surface area contributed by atoms with Gasteiger partial charge in [0.25, 0.3) is 8.32 Å². The van der Waals surface area contributed by atoms with Crippen molar-refractivity contribution in [3.63, 3.8) is 0 Å². The van der Waals surface area contributed by atoms with Gasteiger partial charge in [-0.25, -0.2) is 0 Å². The Kier molecular flexibility index (Phi) is 6.45. The molecule has 3 rings (SSSR count). The topological polar surface area (TPSA) is 21.8 Å². The molecule has 0 radical (unpaired) electrons. The van der Waals surface area contributed by atoms with Crippen LogP contribution in [0.5, 0.6) is 0 Å². The van der Waals surface area contributed by atoms with Gasteiger partial charge in [-0.15, -0.1) is 0 Å². The van der Waals surface area contributed by atoms with Gasteiger partial charge >= 0.3 is 0 Å². The zero-order chi connectivity index (χ0) is 20.3. The second-order valence-corrected chi connectivity index (χ2v) is 13.3. The maximum absolute atomic E-state index is 7.23.